The van der Waals surface area contributed by atoms with E-state index in [4.69, 9.17) is 4.74 Å². The summed E-state index contributed by atoms with van der Waals surface area (Å²) in [5.74, 6) is 3.61. The summed E-state index contributed by atoms with van der Waals surface area (Å²) in [4.78, 5) is 0. The number of ether oxygens (including phenoxy) is 1. The van der Waals surface area contributed by atoms with Gasteiger partial charge in [0.1, 0.15) is 0 Å². The Bertz CT molecular complexity index is 785. The molecule has 6 rings (SSSR count). The molecular weight excluding hydrogens is 388 g/mol. The van der Waals surface area contributed by atoms with Crippen molar-refractivity contribution in [1.29, 1.82) is 0 Å². The Morgan fingerprint density at radius 1 is 0.719 bits per heavy atom. The quantitative estimate of drug-likeness (QED) is 0.396. The lowest BCUT2D eigenvalue weighted by Crippen LogP contribution is -2.67. The highest BCUT2D eigenvalue weighted by atomic mass is 16.5. The normalized spacial score (nSPS) is 60.7. The molecule has 1 heterocycles. The van der Waals surface area contributed by atoms with Crippen molar-refractivity contribution in [2.45, 2.75) is 132 Å². The van der Waals surface area contributed by atoms with E-state index < -0.39 is 0 Å². The van der Waals surface area contributed by atoms with Gasteiger partial charge in [0.15, 0.2) is 0 Å². The predicted octanol–water partition coefficient (Wildman–Crippen LogP) is 8.66. The van der Waals surface area contributed by atoms with Crippen molar-refractivity contribution < 1.29 is 4.74 Å². The SMILES string of the molecule is CC[C@@]1(C)CCC23CC[C@]4(C)C(CCC5[C@@]6(C)CCCC(C)(C)C6CC[C@]54C)C2C1OC3. The maximum atomic E-state index is 6.82. The third-order valence-electron chi connectivity index (χ3n) is 14.5. The molecule has 5 aliphatic carbocycles. The van der Waals surface area contributed by atoms with Crippen molar-refractivity contribution in [3.63, 3.8) is 0 Å². The molecule has 5 saturated carbocycles. The molecule has 32 heavy (non-hydrogen) atoms. The minimum Gasteiger partial charge on any atom is -0.377 e. The van der Waals surface area contributed by atoms with Gasteiger partial charge in [-0.3, -0.25) is 0 Å². The topological polar surface area (TPSA) is 9.23 Å². The number of fused-ring (bicyclic) bond motifs is 5. The summed E-state index contributed by atoms with van der Waals surface area (Å²) in [5.41, 5.74) is 3.09. The molecule has 0 amide bonds. The molecule has 0 radical (unpaired) electrons. The van der Waals surface area contributed by atoms with E-state index >= 15 is 0 Å². The summed E-state index contributed by atoms with van der Waals surface area (Å²) in [5, 5.41) is 0. The highest BCUT2D eigenvalue weighted by Gasteiger charge is 2.72. The van der Waals surface area contributed by atoms with Crippen LogP contribution in [0.25, 0.3) is 0 Å². The van der Waals surface area contributed by atoms with Crippen molar-refractivity contribution in [2.75, 3.05) is 6.61 Å². The van der Waals surface area contributed by atoms with Crippen molar-refractivity contribution in [3.8, 4) is 0 Å². The van der Waals surface area contributed by atoms with Crippen molar-refractivity contribution in [2.24, 2.45) is 56.2 Å². The van der Waals surface area contributed by atoms with E-state index in [0.717, 1.165) is 30.3 Å². The third-order valence-corrected chi connectivity index (χ3v) is 14.5. The largest absolute Gasteiger partial charge is 0.377 e. The number of hydrogen-bond acceptors (Lipinski definition) is 1. The van der Waals surface area contributed by atoms with Gasteiger partial charge in [-0.1, -0.05) is 54.9 Å². The lowest BCUT2D eigenvalue weighted by atomic mass is 9.31. The Labute approximate surface area is 199 Å². The monoisotopic (exact) mass is 440 g/mol. The van der Waals surface area contributed by atoms with Gasteiger partial charge < -0.3 is 4.74 Å². The van der Waals surface area contributed by atoms with E-state index in [2.05, 4.69) is 48.5 Å². The number of hydrogen-bond donors (Lipinski definition) is 0. The smallest absolute Gasteiger partial charge is 0.0665 e. The van der Waals surface area contributed by atoms with Crippen LogP contribution >= 0.6 is 0 Å². The van der Waals surface area contributed by atoms with Crippen LogP contribution in [0.5, 0.6) is 0 Å². The first-order chi connectivity index (χ1) is 15.0. The summed E-state index contributed by atoms with van der Waals surface area (Å²) in [6.45, 7) is 19.7. The van der Waals surface area contributed by atoms with Crippen LogP contribution in [0.1, 0.15) is 126 Å². The molecule has 2 bridgehead atoms. The summed E-state index contributed by atoms with van der Waals surface area (Å²) >= 11 is 0. The van der Waals surface area contributed by atoms with E-state index in [0.29, 0.717) is 38.6 Å². The molecule has 1 saturated heterocycles. The summed E-state index contributed by atoms with van der Waals surface area (Å²) in [7, 11) is 0. The Morgan fingerprint density at radius 2 is 1.47 bits per heavy atom. The van der Waals surface area contributed by atoms with Gasteiger partial charge in [-0.2, -0.15) is 0 Å². The molecule has 10 atom stereocenters. The Kier molecular flexibility index (Phi) is 4.62. The van der Waals surface area contributed by atoms with E-state index in [9.17, 15) is 0 Å². The van der Waals surface area contributed by atoms with Crippen LogP contribution in [-0.2, 0) is 4.74 Å². The summed E-state index contributed by atoms with van der Waals surface area (Å²) in [6.07, 6.45) is 18.0. The molecule has 1 aliphatic heterocycles. The van der Waals surface area contributed by atoms with Gasteiger partial charge in [0, 0.05) is 0 Å². The minimum atomic E-state index is 0.414. The minimum absolute atomic E-state index is 0.414. The molecule has 0 aromatic carbocycles. The fraction of sp³-hybridized carbons (Fsp3) is 1.00. The molecule has 6 aliphatic rings. The zero-order valence-corrected chi connectivity index (χ0v) is 22.5. The molecule has 6 unspecified atom stereocenters. The van der Waals surface area contributed by atoms with Gasteiger partial charge in [-0.25, -0.2) is 0 Å². The van der Waals surface area contributed by atoms with Crippen molar-refractivity contribution in [3.05, 3.63) is 0 Å². The van der Waals surface area contributed by atoms with Crippen LogP contribution in [0.2, 0.25) is 0 Å². The van der Waals surface area contributed by atoms with Crippen LogP contribution in [0, 0.1) is 56.2 Å². The third kappa shape index (κ3) is 2.47. The molecule has 182 valence electrons. The van der Waals surface area contributed by atoms with E-state index in [-0.39, 0.29) is 0 Å². The second kappa shape index (κ2) is 6.59. The zero-order chi connectivity index (χ0) is 22.8. The molecule has 1 heteroatoms. The maximum Gasteiger partial charge on any atom is 0.0665 e. The zero-order valence-electron chi connectivity index (χ0n) is 22.5. The molecule has 0 aromatic rings. The van der Waals surface area contributed by atoms with Crippen molar-refractivity contribution in [1.82, 2.24) is 0 Å². The summed E-state index contributed by atoms with van der Waals surface area (Å²) in [6, 6.07) is 0. The van der Waals surface area contributed by atoms with Gasteiger partial charge in [-0.15, -0.1) is 0 Å². The molecule has 0 aromatic heterocycles. The second-order valence-corrected chi connectivity index (χ2v) is 15.6. The first kappa shape index (κ1) is 22.4. The highest BCUT2D eigenvalue weighted by molar-refractivity contribution is 5.20. The molecule has 6 fully saturated rings. The van der Waals surface area contributed by atoms with Gasteiger partial charge in [-0.05, 0) is 127 Å². The van der Waals surface area contributed by atoms with Crippen LogP contribution in [0.3, 0.4) is 0 Å². The first-order valence-corrected chi connectivity index (χ1v) is 14.6. The first-order valence-electron chi connectivity index (χ1n) is 14.6. The van der Waals surface area contributed by atoms with Crippen molar-refractivity contribution >= 4 is 0 Å². The fourth-order valence-corrected chi connectivity index (χ4v) is 12.3. The van der Waals surface area contributed by atoms with Crippen LogP contribution < -0.4 is 0 Å². The average molecular weight is 441 g/mol. The van der Waals surface area contributed by atoms with E-state index in [1.807, 2.05) is 0 Å². The van der Waals surface area contributed by atoms with E-state index in [1.165, 1.54) is 77.0 Å². The van der Waals surface area contributed by atoms with Crippen LogP contribution in [0.15, 0.2) is 0 Å². The van der Waals surface area contributed by atoms with E-state index in [1.54, 1.807) is 0 Å². The summed E-state index contributed by atoms with van der Waals surface area (Å²) < 4.78 is 6.82. The van der Waals surface area contributed by atoms with Crippen LogP contribution in [-0.4, -0.2) is 12.7 Å². The molecule has 0 N–H and O–H groups in total. The van der Waals surface area contributed by atoms with Gasteiger partial charge >= 0.3 is 0 Å². The predicted molar refractivity (Wildman–Crippen MR) is 133 cm³/mol. The lowest BCUT2D eigenvalue weighted by molar-refractivity contribution is -0.243. The van der Waals surface area contributed by atoms with Gasteiger partial charge in [0.2, 0.25) is 0 Å². The lowest BCUT2D eigenvalue weighted by Gasteiger charge is -2.73. The Morgan fingerprint density at radius 3 is 2.22 bits per heavy atom. The average Bonchev–Trinajstić information content (AvgIpc) is 3.06. The second-order valence-electron chi connectivity index (χ2n) is 15.6. The molecular formula is C31H52O. The highest BCUT2D eigenvalue weighted by Crippen LogP contribution is 2.78. The Hall–Kier alpha value is -0.0400. The van der Waals surface area contributed by atoms with Gasteiger partial charge in [0.25, 0.3) is 0 Å². The van der Waals surface area contributed by atoms with Gasteiger partial charge in [0.05, 0.1) is 12.7 Å². The standard InChI is InChI=1S/C31H52O/c1-8-27(4)16-18-31-19-17-29(6)21(24(31)25(27)32-20-31)10-11-23-28(5)14-9-13-26(2,3)22(28)12-15-30(23,29)7/h21-25H,8-20H2,1-7H3/t21?,22?,23?,24?,25?,27-,28-,29+,30+,31?/m0/s1. The molecule has 0 spiro atoms. The Balaban J connectivity index is 1.40. The number of rotatable bonds is 1. The molecule has 1 nitrogen and oxygen atoms in total. The fourth-order valence-electron chi connectivity index (χ4n) is 12.3. The maximum absolute atomic E-state index is 6.82. The van der Waals surface area contributed by atoms with Crippen LogP contribution in [0.4, 0.5) is 0 Å².